The maximum Gasteiger partial charge on any atom is 0.342 e. The minimum absolute atomic E-state index is 0.173. The van der Waals surface area contributed by atoms with Gasteiger partial charge in [0.2, 0.25) is 0 Å². The van der Waals surface area contributed by atoms with Gasteiger partial charge in [-0.15, -0.1) is 0 Å². The number of ether oxygens (including phenoxy) is 4. The maximum atomic E-state index is 12.8. The van der Waals surface area contributed by atoms with Crippen LogP contribution in [-0.2, 0) is 24.2 Å². The molecule has 2 heterocycles. The van der Waals surface area contributed by atoms with E-state index in [1.807, 2.05) is 24.4 Å². The zero-order valence-electron chi connectivity index (χ0n) is 21.3. The number of carbonyl (C=O) groups is 1. The van der Waals surface area contributed by atoms with Gasteiger partial charge in [-0.05, 0) is 59.2 Å². The molecule has 0 amide bonds. The van der Waals surface area contributed by atoms with Gasteiger partial charge in [0.1, 0.15) is 23.7 Å². The lowest BCUT2D eigenvalue weighted by molar-refractivity contribution is 0.0533. The third kappa shape index (κ3) is 3.65. The monoisotopic (exact) mass is 496 g/mol. The molecule has 4 aromatic rings. The van der Waals surface area contributed by atoms with Crippen LogP contribution in [0.3, 0.4) is 0 Å². The van der Waals surface area contributed by atoms with Crippen molar-refractivity contribution in [2.24, 2.45) is 0 Å². The number of pyridine rings is 1. The molecule has 0 unspecified atom stereocenters. The predicted octanol–water partition coefficient (Wildman–Crippen LogP) is 5.20. The molecule has 0 spiro atoms. The van der Waals surface area contributed by atoms with Gasteiger partial charge in [0.15, 0.2) is 11.5 Å². The maximum absolute atomic E-state index is 12.8. The van der Waals surface area contributed by atoms with E-state index < -0.39 is 5.97 Å². The fourth-order valence-electron chi connectivity index (χ4n) is 5.68. The van der Waals surface area contributed by atoms with Crippen LogP contribution in [0.25, 0.3) is 21.9 Å². The molecule has 0 N–H and O–H groups in total. The number of nitrogens with zero attached hydrogens (tertiary/aromatic N) is 2. The second-order valence-electron chi connectivity index (χ2n) is 9.44. The lowest BCUT2D eigenvalue weighted by Gasteiger charge is -2.25. The number of hydrogen-bond donors (Lipinski definition) is 0. The molecular formula is C30H28N2O5. The molecule has 0 saturated carbocycles. The number of anilines is 1. The Balaban J connectivity index is 1.45. The van der Waals surface area contributed by atoms with Gasteiger partial charge in [0.25, 0.3) is 0 Å². The Morgan fingerprint density at radius 3 is 2.16 bits per heavy atom. The van der Waals surface area contributed by atoms with Crippen LogP contribution in [0.5, 0.6) is 17.2 Å². The Morgan fingerprint density at radius 1 is 0.892 bits per heavy atom. The summed E-state index contributed by atoms with van der Waals surface area (Å²) in [5.41, 5.74) is 5.82. The molecular weight excluding hydrogens is 468 g/mol. The highest BCUT2D eigenvalue weighted by Crippen LogP contribution is 2.47. The number of aromatic nitrogens is 1. The molecule has 1 aromatic heterocycles. The second-order valence-corrected chi connectivity index (χ2v) is 9.44. The molecule has 1 aliphatic carbocycles. The summed E-state index contributed by atoms with van der Waals surface area (Å²) in [6, 6.07) is 16.9. The summed E-state index contributed by atoms with van der Waals surface area (Å²) in [6.45, 7) is 0.173. The van der Waals surface area contributed by atoms with Crippen molar-refractivity contribution in [3.8, 4) is 28.4 Å². The van der Waals surface area contributed by atoms with Gasteiger partial charge < -0.3 is 23.8 Å². The standard InChI is InChI=1S/C30H28N2O5/c1-32(20-11-17-7-5-6-8-18(17)12-20)26-10-9-19(15-31-26)27-21-13-24(34-2)25(35-3)14-22(21)29(36-4)28-23(27)16-37-30(28)33/h5-10,13-15,20H,11-12,16H2,1-4H3. The number of esters is 1. The van der Waals surface area contributed by atoms with Gasteiger partial charge in [-0.25, -0.2) is 9.78 Å². The van der Waals surface area contributed by atoms with Gasteiger partial charge in [-0.1, -0.05) is 24.3 Å². The molecule has 1 aliphatic heterocycles. The van der Waals surface area contributed by atoms with Crippen molar-refractivity contribution < 1.29 is 23.7 Å². The van der Waals surface area contributed by atoms with Crippen molar-refractivity contribution in [2.75, 3.05) is 33.3 Å². The van der Waals surface area contributed by atoms with Gasteiger partial charge in [-0.2, -0.15) is 0 Å². The fraction of sp³-hybridized carbons (Fsp3) is 0.267. The van der Waals surface area contributed by atoms with Gasteiger partial charge in [0.05, 0.1) is 21.3 Å². The van der Waals surface area contributed by atoms with Crippen molar-refractivity contribution in [2.45, 2.75) is 25.5 Å². The smallest absolute Gasteiger partial charge is 0.342 e. The highest BCUT2D eigenvalue weighted by Gasteiger charge is 2.33. The van der Waals surface area contributed by atoms with Crippen LogP contribution in [0.4, 0.5) is 5.82 Å². The molecule has 188 valence electrons. The van der Waals surface area contributed by atoms with E-state index in [1.165, 1.54) is 11.1 Å². The third-order valence-electron chi connectivity index (χ3n) is 7.60. The topological polar surface area (TPSA) is 70.1 Å². The number of fused-ring (bicyclic) bond motifs is 3. The van der Waals surface area contributed by atoms with E-state index in [1.54, 1.807) is 21.3 Å². The summed E-state index contributed by atoms with van der Waals surface area (Å²) in [7, 11) is 6.85. The Labute approximate surface area is 215 Å². The van der Waals surface area contributed by atoms with E-state index in [4.69, 9.17) is 23.9 Å². The number of cyclic esters (lactones) is 1. The summed E-state index contributed by atoms with van der Waals surface area (Å²) in [4.78, 5) is 19.8. The first-order chi connectivity index (χ1) is 18.0. The largest absolute Gasteiger partial charge is 0.495 e. The van der Waals surface area contributed by atoms with Crippen LogP contribution in [0.2, 0.25) is 0 Å². The Morgan fingerprint density at radius 2 is 1.57 bits per heavy atom. The molecule has 7 nitrogen and oxygen atoms in total. The van der Waals surface area contributed by atoms with Gasteiger partial charge in [-0.3, -0.25) is 0 Å². The highest BCUT2D eigenvalue weighted by molar-refractivity contribution is 6.12. The van der Waals surface area contributed by atoms with Gasteiger partial charge in [0, 0.05) is 35.8 Å². The quantitative estimate of drug-likeness (QED) is 0.340. The summed E-state index contributed by atoms with van der Waals surface area (Å²) in [6.07, 6.45) is 3.89. The van der Waals surface area contributed by atoms with Crippen LogP contribution >= 0.6 is 0 Å². The Kier molecular flexibility index (Phi) is 5.63. The normalized spacial score (nSPS) is 14.3. The molecule has 3 aromatic carbocycles. The van der Waals surface area contributed by atoms with Crippen molar-refractivity contribution >= 4 is 22.6 Å². The van der Waals surface area contributed by atoms with Crippen molar-refractivity contribution in [1.82, 2.24) is 4.98 Å². The lowest BCUT2D eigenvalue weighted by atomic mass is 9.90. The van der Waals surface area contributed by atoms with E-state index >= 15 is 0 Å². The summed E-state index contributed by atoms with van der Waals surface area (Å²) in [5.74, 6) is 2.13. The molecule has 7 heteroatoms. The number of benzene rings is 3. The van der Waals surface area contributed by atoms with Crippen LogP contribution in [0, 0.1) is 0 Å². The minimum atomic E-state index is -0.394. The molecule has 0 bridgehead atoms. The highest BCUT2D eigenvalue weighted by atomic mass is 16.5. The average Bonchev–Trinajstić information content (AvgIpc) is 3.54. The number of methoxy groups -OCH3 is 3. The number of carbonyl (C=O) groups excluding carboxylic acids is 1. The number of hydrogen-bond acceptors (Lipinski definition) is 7. The van der Waals surface area contributed by atoms with Crippen molar-refractivity contribution in [3.05, 3.63) is 77.0 Å². The zero-order chi connectivity index (χ0) is 25.7. The number of likely N-dealkylation sites (N-methyl/N-ethyl adjacent to an activating group) is 1. The van der Waals surface area contributed by atoms with Crippen LogP contribution < -0.4 is 19.1 Å². The molecule has 0 radical (unpaired) electrons. The first-order valence-corrected chi connectivity index (χ1v) is 12.3. The zero-order valence-corrected chi connectivity index (χ0v) is 21.3. The molecule has 0 atom stereocenters. The third-order valence-corrected chi connectivity index (χ3v) is 7.60. The molecule has 0 fully saturated rings. The SMILES string of the molecule is COc1cc2c(OC)c3c(c(-c4ccc(N(C)C5Cc6ccccc6C5)nc4)c2cc1OC)COC3=O. The van der Waals surface area contributed by atoms with Crippen LogP contribution in [-0.4, -0.2) is 45.4 Å². The Bertz CT molecular complexity index is 1510. The molecule has 6 rings (SSSR count). The van der Waals surface area contributed by atoms with E-state index in [2.05, 4.69) is 42.3 Å². The van der Waals surface area contributed by atoms with E-state index in [0.717, 1.165) is 46.1 Å². The summed E-state index contributed by atoms with van der Waals surface area (Å²) < 4.78 is 22.3. The lowest BCUT2D eigenvalue weighted by Crippen LogP contribution is -2.32. The van der Waals surface area contributed by atoms with Crippen LogP contribution in [0.15, 0.2) is 54.7 Å². The fourth-order valence-corrected chi connectivity index (χ4v) is 5.68. The van der Waals surface area contributed by atoms with Crippen molar-refractivity contribution in [1.29, 1.82) is 0 Å². The second kappa shape index (κ2) is 9.00. The number of rotatable bonds is 6. The van der Waals surface area contributed by atoms with E-state index in [0.29, 0.717) is 28.9 Å². The first-order valence-electron chi connectivity index (χ1n) is 12.3. The van der Waals surface area contributed by atoms with E-state index in [9.17, 15) is 4.79 Å². The molecule has 0 saturated heterocycles. The minimum Gasteiger partial charge on any atom is -0.495 e. The van der Waals surface area contributed by atoms with Crippen LogP contribution in [0.1, 0.15) is 27.0 Å². The van der Waals surface area contributed by atoms with Gasteiger partial charge >= 0.3 is 5.97 Å². The Hall–Kier alpha value is -4.26. The molecule has 37 heavy (non-hydrogen) atoms. The molecule has 2 aliphatic rings. The predicted molar refractivity (Wildman–Crippen MR) is 142 cm³/mol. The van der Waals surface area contributed by atoms with Crippen molar-refractivity contribution in [3.63, 3.8) is 0 Å². The first kappa shape index (κ1) is 23.2. The summed E-state index contributed by atoms with van der Waals surface area (Å²) in [5, 5.41) is 1.62. The summed E-state index contributed by atoms with van der Waals surface area (Å²) >= 11 is 0. The average molecular weight is 497 g/mol. The van der Waals surface area contributed by atoms with E-state index in [-0.39, 0.29) is 6.61 Å².